The molecule has 1 aromatic rings. The molecule has 86 valence electrons. The summed E-state index contributed by atoms with van der Waals surface area (Å²) in [5.74, 6) is 0. The Bertz CT molecular complexity index is 251. The zero-order valence-electron chi connectivity index (χ0n) is 9.27. The Morgan fingerprint density at radius 3 is 2.93 bits per heavy atom. The lowest BCUT2D eigenvalue weighted by atomic mass is 10.1. The highest BCUT2D eigenvalue weighted by Gasteiger charge is 2.10. The number of ether oxygens (including phenoxy) is 1. The molecular formula is C11H19NO2S. The number of rotatable bonds is 7. The predicted octanol–water partition coefficient (Wildman–Crippen LogP) is 1.80. The summed E-state index contributed by atoms with van der Waals surface area (Å²) in [5.41, 5.74) is 0.986. The van der Waals surface area contributed by atoms with Crippen molar-refractivity contribution in [1.29, 1.82) is 0 Å². The van der Waals surface area contributed by atoms with E-state index in [-0.39, 0.29) is 0 Å². The molecule has 2 N–H and O–H groups in total. The van der Waals surface area contributed by atoms with E-state index < -0.39 is 6.10 Å². The molecule has 0 bridgehead atoms. The molecule has 15 heavy (non-hydrogen) atoms. The minimum atomic E-state index is -0.415. The largest absolute Gasteiger partial charge is 0.387 e. The standard InChI is InChI=1S/C11H19NO2S/c1-3-10(7-14-2)12-6-11(13)9-4-5-15-8-9/h4-5,8,10-13H,3,6-7H2,1-2H3. The lowest BCUT2D eigenvalue weighted by Crippen LogP contribution is -2.35. The van der Waals surface area contributed by atoms with E-state index in [1.807, 2.05) is 16.8 Å². The maximum absolute atomic E-state index is 9.83. The molecule has 2 unspecified atom stereocenters. The fraction of sp³-hybridized carbons (Fsp3) is 0.636. The molecule has 0 aliphatic rings. The van der Waals surface area contributed by atoms with Gasteiger partial charge in [0, 0.05) is 19.7 Å². The molecule has 1 rings (SSSR count). The van der Waals surface area contributed by atoms with Crippen LogP contribution in [0.5, 0.6) is 0 Å². The molecule has 0 fully saturated rings. The van der Waals surface area contributed by atoms with Crippen molar-refractivity contribution in [1.82, 2.24) is 5.32 Å². The molecule has 0 amide bonds. The normalized spacial score (nSPS) is 15.1. The first-order valence-corrected chi connectivity index (χ1v) is 6.14. The fourth-order valence-electron chi connectivity index (χ4n) is 1.38. The van der Waals surface area contributed by atoms with Gasteiger partial charge < -0.3 is 15.2 Å². The van der Waals surface area contributed by atoms with Gasteiger partial charge in [-0.2, -0.15) is 11.3 Å². The summed E-state index contributed by atoms with van der Waals surface area (Å²) < 4.78 is 5.08. The lowest BCUT2D eigenvalue weighted by Gasteiger charge is -2.18. The van der Waals surface area contributed by atoms with Crippen LogP contribution in [0.1, 0.15) is 25.0 Å². The Balaban J connectivity index is 2.29. The van der Waals surface area contributed by atoms with Crippen LogP contribution in [0.3, 0.4) is 0 Å². The van der Waals surface area contributed by atoms with Crippen LogP contribution in [0, 0.1) is 0 Å². The van der Waals surface area contributed by atoms with Crippen LogP contribution in [0.25, 0.3) is 0 Å². The zero-order valence-corrected chi connectivity index (χ0v) is 10.1. The van der Waals surface area contributed by atoms with Crippen molar-refractivity contribution in [2.24, 2.45) is 0 Å². The van der Waals surface area contributed by atoms with Crippen LogP contribution in [0.2, 0.25) is 0 Å². The van der Waals surface area contributed by atoms with Crippen LogP contribution in [0.15, 0.2) is 16.8 Å². The second kappa shape index (κ2) is 6.95. The van der Waals surface area contributed by atoms with Gasteiger partial charge in [0.2, 0.25) is 0 Å². The van der Waals surface area contributed by atoms with E-state index in [0.29, 0.717) is 19.2 Å². The van der Waals surface area contributed by atoms with Gasteiger partial charge in [-0.25, -0.2) is 0 Å². The molecule has 0 radical (unpaired) electrons. The summed E-state index contributed by atoms with van der Waals surface area (Å²) in [7, 11) is 1.69. The van der Waals surface area contributed by atoms with Crippen LogP contribution < -0.4 is 5.32 Å². The average molecular weight is 229 g/mol. The third-order valence-corrected chi connectivity index (χ3v) is 3.09. The second-order valence-corrected chi connectivity index (χ2v) is 4.32. The zero-order chi connectivity index (χ0) is 11.1. The number of hydrogen-bond donors (Lipinski definition) is 2. The number of hydrogen-bond acceptors (Lipinski definition) is 4. The second-order valence-electron chi connectivity index (χ2n) is 3.54. The van der Waals surface area contributed by atoms with E-state index in [1.165, 1.54) is 0 Å². The van der Waals surface area contributed by atoms with Gasteiger partial charge in [-0.05, 0) is 28.8 Å². The van der Waals surface area contributed by atoms with Crippen molar-refractivity contribution in [2.75, 3.05) is 20.3 Å². The maximum atomic E-state index is 9.83. The molecular weight excluding hydrogens is 210 g/mol. The van der Waals surface area contributed by atoms with E-state index in [9.17, 15) is 5.11 Å². The molecule has 0 aromatic carbocycles. The van der Waals surface area contributed by atoms with Crippen molar-refractivity contribution in [3.8, 4) is 0 Å². The SMILES string of the molecule is CCC(COC)NCC(O)c1ccsc1. The number of methoxy groups -OCH3 is 1. The topological polar surface area (TPSA) is 41.5 Å². The van der Waals surface area contributed by atoms with Crippen LogP contribution in [-0.2, 0) is 4.74 Å². The molecule has 0 spiro atoms. The number of nitrogens with one attached hydrogen (secondary N) is 1. The Morgan fingerprint density at radius 1 is 1.60 bits per heavy atom. The summed E-state index contributed by atoms with van der Waals surface area (Å²) in [6.45, 7) is 3.37. The first-order valence-electron chi connectivity index (χ1n) is 5.20. The summed E-state index contributed by atoms with van der Waals surface area (Å²) in [6, 6.07) is 2.28. The average Bonchev–Trinajstić information content (AvgIpc) is 2.77. The van der Waals surface area contributed by atoms with Crippen molar-refractivity contribution in [3.05, 3.63) is 22.4 Å². The highest BCUT2D eigenvalue weighted by atomic mass is 32.1. The van der Waals surface area contributed by atoms with Crippen LogP contribution in [-0.4, -0.2) is 31.4 Å². The van der Waals surface area contributed by atoms with E-state index in [0.717, 1.165) is 12.0 Å². The molecule has 3 nitrogen and oxygen atoms in total. The maximum Gasteiger partial charge on any atom is 0.0922 e. The third-order valence-electron chi connectivity index (χ3n) is 2.39. The molecule has 2 atom stereocenters. The van der Waals surface area contributed by atoms with Crippen molar-refractivity contribution in [2.45, 2.75) is 25.5 Å². The highest BCUT2D eigenvalue weighted by Crippen LogP contribution is 2.15. The summed E-state index contributed by atoms with van der Waals surface area (Å²) in [4.78, 5) is 0. The number of thiophene rings is 1. The van der Waals surface area contributed by atoms with Crippen LogP contribution in [0.4, 0.5) is 0 Å². The fourth-order valence-corrected chi connectivity index (χ4v) is 2.09. The van der Waals surface area contributed by atoms with Crippen molar-refractivity contribution < 1.29 is 9.84 Å². The van der Waals surface area contributed by atoms with Gasteiger partial charge in [0.1, 0.15) is 0 Å². The molecule has 1 aromatic heterocycles. The van der Waals surface area contributed by atoms with Gasteiger partial charge in [-0.3, -0.25) is 0 Å². The summed E-state index contributed by atoms with van der Waals surface area (Å²) >= 11 is 1.61. The first-order chi connectivity index (χ1) is 7.27. The monoisotopic (exact) mass is 229 g/mol. The quantitative estimate of drug-likeness (QED) is 0.749. The van der Waals surface area contributed by atoms with E-state index in [4.69, 9.17) is 4.74 Å². The van der Waals surface area contributed by atoms with Gasteiger partial charge in [-0.1, -0.05) is 6.92 Å². The Kier molecular flexibility index (Phi) is 5.86. The summed E-state index contributed by atoms with van der Waals surface area (Å²) in [5, 5.41) is 17.1. The van der Waals surface area contributed by atoms with Gasteiger partial charge in [0.25, 0.3) is 0 Å². The molecule has 0 aliphatic heterocycles. The van der Waals surface area contributed by atoms with E-state index in [2.05, 4.69) is 12.2 Å². The number of aliphatic hydroxyl groups excluding tert-OH is 1. The highest BCUT2D eigenvalue weighted by molar-refractivity contribution is 7.07. The number of aliphatic hydroxyl groups is 1. The van der Waals surface area contributed by atoms with Gasteiger partial charge in [0.15, 0.2) is 0 Å². The Hall–Kier alpha value is -0.420. The minimum absolute atomic E-state index is 0.322. The first kappa shape index (κ1) is 12.6. The molecule has 4 heteroatoms. The molecule has 1 heterocycles. The van der Waals surface area contributed by atoms with Crippen LogP contribution >= 0.6 is 11.3 Å². The smallest absolute Gasteiger partial charge is 0.0922 e. The lowest BCUT2D eigenvalue weighted by molar-refractivity contribution is 0.138. The van der Waals surface area contributed by atoms with Crippen molar-refractivity contribution in [3.63, 3.8) is 0 Å². The third kappa shape index (κ3) is 4.30. The van der Waals surface area contributed by atoms with E-state index >= 15 is 0 Å². The summed E-state index contributed by atoms with van der Waals surface area (Å²) in [6.07, 6.45) is 0.589. The molecule has 0 saturated heterocycles. The van der Waals surface area contributed by atoms with E-state index in [1.54, 1.807) is 18.4 Å². The predicted molar refractivity (Wildman–Crippen MR) is 63.2 cm³/mol. The van der Waals surface area contributed by atoms with Crippen molar-refractivity contribution >= 4 is 11.3 Å². The molecule has 0 aliphatic carbocycles. The minimum Gasteiger partial charge on any atom is -0.387 e. The van der Waals surface area contributed by atoms with Gasteiger partial charge in [0.05, 0.1) is 12.7 Å². The Labute approximate surface area is 95.1 Å². The molecule has 0 saturated carbocycles. The van der Waals surface area contributed by atoms with Gasteiger partial charge >= 0.3 is 0 Å². The van der Waals surface area contributed by atoms with Gasteiger partial charge in [-0.15, -0.1) is 0 Å². The Morgan fingerprint density at radius 2 is 2.40 bits per heavy atom.